The summed E-state index contributed by atoms with van der Waals surface area (Å²) in [4.78, 5) is 23.8. The lowest BCUT2D eigenvalue weighted by Gasteiger charge is -2.14. The number of amides is 1. The van der Waals surface area contributed by atoms with Gasteiger partial charge in [0.05, 0.1) is 0 Å². The van der Waals surface area contributed by atoms with E-state index < -0.39 is 24.6 Å². The summed E-state index contributed by atoms with van der Waals surface area (Å²) in [5.41, 5.74) is 0.846. The van der Waals surface area contributed by atoms with Gasteiger partial charge in [0.1, 0.15) is 5.75 Å². The zero-order valence-corrected chi connectivity index (χ0v) is 15.3. The summed E-state index contributed by atoms with van der Waals surface area (Å²) in [6, 6.07) is 12.0. The van der Waals surface area contributed by atoms with Gasteiger partial charge in [0.25, 0.3) is 5.91 Å². The highest BCUT2D eigenvalue weighted by molar-refractivity contribution is 6.30. The van der Waals surface area contributed by atoms with Gasteiger partial charge in [-0.1, -0.05) is 17.7 Å². The van der Waals surface area contributed by atoms with Crippen LogP contribution in [0.25, 0.3) is 0 Å². The van der Waals surface area contributed by atoms with Crippen molar-refractivity contribution in [2.24, 2.45) is 0 Å². The molecule has 1 amide bonds. The van der Waals surface area contributed by atoms with Crippen LogP contribution in [0.15, 0.2) is 42.5 Å². The molecule has 0 aliphatic carbocycles. The van der Waals surface area contributed by atoms with Crippen molar-refractivity contribution in [1.29, 1.82) is 0 Å². The number of nitrogens with one attached hydrogen (secondary N) is 1. The number of carbonyl (C=O) groups is 2. The zero-order valence-electron chi connectivity index (χ0n) is 14.6. The normalized spacial score (nSPS) is 13.0. The van der Waals surface area contributed by atoms with Crippen LogP contribution in [0.1, 0.15) is 12.5 Å². The van der Waals surface area contributed by atoms with Gasteiger partial charge < -0.3 is 24.3 Å². The van der Waals surface area contributed by atoms with Crippen molar-refractivity contribution < 1.29 is 28.5 Å². The number of rotatable bonds is 7. The first kappa shape index (κ1) is 18.8. The maximum Gasteiger partial charge on any atom is 0.347 e. The first-order chi connectivity index (χ1) is 13.0. The molecule has 1 heterocycles. The standard InChI is InChI=1S/C19H18ClNO6/c1-12(27-15-5-3-14(20)4-6-15)19(23)24-10-18(22)21-9-13-2-7-16-17(8-13)26-11-25-16/h2-8,12H,9-11H2,1H3,(H,21,22)/t12-/m1/s1. The van der Waals surface area contributed by atoms with Gasteiger partial charge in [0.2, 0.25) is 6.79 Å². The fourth-order valence-corrected chi connectivity index (χ4v) is 2.45. The van der Waals surface area contributed by atoms with E-state index in [1.54, 1.807) is 43.3 Å². The molecule has 3 rings (SSSR count). The third-order valence-electron chi connectivity index (χ3n) is 3.73. The zero-order chi connectivity index (χ0) is 19.2. The van der Waals surface area contributed by atoms with Gasteiger partial charge in [-0.15, -0.1) is 0 Å². The third kappa shape index (κ3) is 5.27. The van der Waals surface area contributed by atoms with Gasteiger partial charge in [-0.3, -0.25) is 4.79 Å². The third-order valence-corrected chi connectivity index (χ3v) is 3.98. The SMILES string of the molecule is C[C@@H](Oc1ccc(Cl)cc1)C(=O)OCC(=O)NCc1ccc2c(c1)OCO2. The number of carbonyl (C=O) groups excluding carboxylic acids is 2. The van der Waals surface area contributed by atoms with Crippen molar-refractivity contribution in [1.82, 2.24) is 5.32 Å². The predicted octanol–water partition coefficient (Wildman–Crippen LogP) is 2.70. The average molecular weight is 392 g/mol. The molecule has 0 radical (unpaired) electrons. The highest BCUT2D eigenvalue weighted by Gasteiger charge is 2.18. The molecule has 7 nitrogen and oxygen atoms in total. The molecule has 0 saturated heterocycles. The molecule has 0 spiro atoms. The lowest BCUT2D eigenvalue weighted by molar-refractivity contribution is -0.154. The molecule has 1 aliphatic rings. The molecule has 1 aliphatic heterocycles. The molecular weight excluding hydrogens is 374 g/mol. The van der Waals surface area contributed by atoms with Crippen molar-refractivity contribution in [3.63, 3.8) is 0 Å². The Labute approximate surface area is 161 Å². The van der Waals surface area contributed by atoms with Crippen LogP contribution in [0.2, 0.25) is 5.02 Å². The summed E-state index contributed by atoms with van der Waals surface area (Å²) in [6.45, 7) is 1.63. The van der Waals surface area contributed by atoms with Crippen LogP contribution in [0.4, 0.5) is 0 Å². The monoisotopic (exact) mass is 391 g/mol. The molecule has 1 atom stereocenters. The Balaban J connectivity index is 1.40. The van der Waals surface area contributed by atoms with Crippen LogP contribution in [0, 0.1) is 0 Å². The van der Waals surface area contributed by atoms with Gasteiger partial charge >= 0.3 is 5.97 Å². The Kier molecular flexibility index (Phi) is 6.03. The second kappa shape index (κ2) is 8.64. The molecule has 0 saturated carbocycles. The van der Waals surface area contributed by atoms with E-state index in [1.807, 2.05) is 6.07 Å². The van der Waals surface area contributed by atoms with E-state index >= 15 is 0 Å². The minimum atomic E-state index is -0.854. The molecule has 8 heteroatoms. The number of esters is 1. The Morgan fingerprint density at radius 1 is 1.15 bits per heavy atom. The van der Waals surface area contributed by atoms with E-state index in [0.29, 0.717) is 22.3 Å². The molecule has 1 N–H and O–H groups in total. The number of fused-ring (bicyclic) bond motifs is 1. The van der Waals surface area contributed by atoms with Gasteiger partial charge in [-0.05, 0) is 48.9 Å². The molecule has 27 heavy (non-hydrogen) atoms. The highest BCUT2D eigenvalue weighted by atomic mass is 35.5. The summed E-state index contributed by atoms with van der Waals surface area (Å²) in [7, 11) is 0. The van der Waals surface area contributed by atoms with Gasteiger partial charge in [0.15, 0.2) is 24.2 Å². The molecule has 0 unspecified atom stereocenters. The van der Waals surface area contributed by atoms with Crippen molar-refractivity contribution in [3.8, 4) is 17.2 Å². The van der Waals surface area contributed by atoms with E-state index in [9.17, 15) is 9.59 Å². The predicted molar refractivity (Wildman–Crippen MR) is 96.9 cm³/mol. The van der Waals surface area contributed by atoms with E-state index in [4.69, 9.17) is 30.5 Å². The quantitative estimate of drug-likeness (QED) is 0.731. The molecule has 2 aromatic rings. The second-order valence-corrected chi connectivity index (χ2v) is 6.22. The number of benzene rings is 2. The number of ether oxygens (including phenoxy) is 4. The molecule has 0 bridgehead atoms. The van der Waals surface area contributed by atoms with Crippen molar-refractivity contribution in [2.45, 2.75) is 19.6 Å². The fraction of sp³-hybridized carbons (Fsp3) is 0.263. The summed E-state index contributed by atoms with van der Waals surface area (Å²) < 4.78 is 20.9. The van der Waals surface area contributed by atoms with E-state index in [-0.39, 0.29) is 13.3 Å². The van der Waals surface area contributed by atoms with E-state index in [0.717, 1.165) is 5.56 Å². The van der Waals surface area contributed by atoms with E-state index in [2.05, 4.69) is 5.32 Å². The summed E-state index contributed by atoms with van der Waals surface area (Å²) in [5, 5.41) is 3.24. The van der Waals surface area contributed by atoms with E-state index in [1.165, 1.54) is 0 Å². The highest BCUT2D eigenvalue weighted by Crippen LogP contribution is 2.32. The molecular formula is C19H18ClNO6. The smallest absolute Gasteiger partial charge is 0.347 e. The Hall–Kier alpha value is -2.93. The van der Waals surface area contributed by atoms with Gasteiger partial charge in [0, 0.05) is 11.6 Å². The Morgan fingerprint density at radius 3 is 2.67 bits per heavy atom. The Morgan fingerprint density at radius 2 is 1.89 bits per heavy atom. The van der Waals surface area contributed by atoms with Gasteiger partial charge in [-0.2, -0.15) is 0 Å². The van der Waals surface area contributed by atoms with Crippen LogP contribution < -0.4 is 19.5 Å². The first-order valence-electron chi connectivity index (χ1n) is 8.25. The Bertz CT molecular complexity index is 823. The van der Waals surface area contributed by atoms with Crippen molar-refractivity contribution in [2.75, 3.05) is 13.4 Å². The van der Waals surface area contributed by atoms with Crippen LogP contribution in [0.5, 0.6) is 17.2 Å². The van der Waals surface area contributed by atoms with Gasteiger partial charge in [-0.25, -0.2) is 4.79 Å². The number of halogens is 1. The summed E-state index contributed by atoms with van der Waals surface area (Å²) >= 11 is 5.79. The van der Waals surface area contributed by atoms with Crippen LogP contribution in [-0.2, 0) is 20.9 Å². The number of hydrogen-bond acceptors (Lipinski definition) is 6. The average Bonchev–Trinajstić information content (AvgIpc) is 3.14. The topological polar surface area (TPSA) is 83.1 Å². The maximum absolute atomic E-state index is 11.9. The summed E-state index contributed by atoms with van der Waals surface area (Å²) in [5.74, 6) is 0.744. The lowest BCUT2D eigenvalue weighted by atomic mass is 10.2. The largest absolute Gasteiger partial charge is 0.479 e. The minimum absolute atomic E-state index is 0.192. The lowest BCUT2D eigenvalue weighted by Crippen LogP contribution is -2.32. The molecule has 0 aromatic heterocycles. The second-order valence-electron chi connectivity index (χ2n) is 5.79. The minimum Gasteiger partial charge on any atom is -0.479 e. The first-order valence-corrected chi connectivity index (χ1v) is 8.63. The van der Waals surface area contributed by atoms with Crippen molar-refractivity contribution >= 4 is 23.5 Å². The van der Waals surface area contributed by atoms with Crippen LogP contribution in [-0.4, -0.2) is 31.4 Å². The molecule has 142 valence electrons. The number of hydrogen-bond donors (Lipinski definition) is 1. The molecule has 2 aromatic carbocycles. The summed E-state index contributed by atoms with van der Waals surface area (Å²) in [6.07, 6.45) is -0.854. The van der Waals surface area contributed by atoms with Crippen LogP contribution in [0.3, 0.4) is 0 Å². The maximum atomic E-state index is 11.9. The van der Waals surface area contributed by atoms with Crippen LogP contribution >= 0.6 is 11.6 Å². The van der Waals surface area contributed by atoms with Crippen molar-refractivity contribution in [3.05, 3.63) is 53.1 Å². The molecule has 0 fully saturated rings. The fourth-order valence-electron chi connectivity index (χ4n) is 2.32.